The predicted octanol–water partition coefficient (Wildman–Crippen LogP) is 2.11. The SMILES string of the molecule is Cc1cc(Nc2ccccn2)nc(NC(C)(C)CO)n1. The van der Waals surface area contributed by atoms with E-state index in [0.717, 1.165) is 11.5 Å². The van der Waals surface area contributed by atoms with E-state index < -0.39 is 5.54 Å². The summed E-state index contributed by atoms with van der Waals surface area (Å²) in [6, 6.07) is 7.46. The third kappa shape index (κ3) is 3.89. The highest BCUT2D eigenvalue weighted by Gasteiger charge is 2.17. The Balaban J connectivity index is 2.21. The summed E-state index contributed by atoms with van der Waals surface area (Å²) in [4.78, 5) is 12.9. The number of nitrogens with one attached hydrogen (secondary N) is 2. The molecule has 2 heterocycles. The number of hydrogen-bond donors (Lipinski definition) is 3. The Bertz CT molecular complexity index is 571. The summed E-state index contributed by atoms with van der Waals surface area (Å²) in [5.41, 5.74) is 0.352. The Labute approximate surface area is 118 Å². The number of hydrogen-bond acceptors (Lipinski definition) is 6. The van der Waals surface area contributed by atoms with Gasteiger partial charge in [0.2, 0.25) is 5.95 Å². The molecule has 2 aromatic rings. The van der Waals surface area contributed by atoms with Gasteiger partial charge in [-0.05, 0) is 32.9 Å². The normalized spacial score (nSPS) is 11.2. The van der Waals surface area contributed by atoms with Gasteiger partial charge < -0.3 is 15.7 Å². The fraction of sp³-hybridized carbons (Fsp3) is 0.357. The first kappa shape index (κ1) is 14.2. The molecule has 0 spiro atoms. The van der Waals surface area contributed by atoms with E-state index in [0.29, 0.717) is 11.8 Å². The molecule has 0 atom stereocenters. The molecule has 0 saturated heterocycles. The minimum atomic E-state index is -0.476. The molecule has 0 amide bonds. The first-order chi connectivity index (χ1) is 9.48. The van der Waals surface area contributed by atoms with E-state index >= 15 is 0 Å². The van der Waals surface area contributed by atoms with Crippen LogP contribution in [0, 0.1) is 6.92 Å². The summed E-state index contributed by atoms with van der Waals surface area (Å²) >= 11 is 0. The van der Waals surface area contributed by atoms with E-state index in [9.17, 15) is 5.11 Å². The maximum Gasteiger partial charge on any atom is 0.225 e. The number of aliphatic hydroxyl groups excluding tert-OH is 1. The zero-order chi connectivity index (χ0) is 14.6. The standard InChI is InChI=1S/C14H19N5O/c1-10-8-12(17-11-6-4-5-7-15-11)18-13(16-10)19-14(2,3)9-20/h4-8,20H,9H2,1-3H3,(H2,15,16,17,18,19). The van der Waals surface area contributed by atoms with Crippen LogP contribution in [0.3, 0.4) is 0 Å². The summed E-state index contributed by atoms with van der Waals surface area (Å²) in [7, 11) is 0. The molecule has 0 unspecified atom stereocenters. The zero-order valence-electron chi connectivity index (χ0n) is 11.9. The van der Waals surface area contributed by atoms with Gasteiger partial charge in [0, 0.05) is 18.0 Å². The second kappa shape index (κ2) is 5.83. The lowest BCUT2D eigenvalue weighted by Crippen LogP contribution is -2.35. The molecule has 0 aliphatic carbocycles. The van der Waals surface area contributed by atoms with Crippen molar-refractivity contribution in [1.82, 2.24) is 15.0 Å². The Morgan fingerprint density at radius 1 is 1.20 bits per heavy atom. The molecule has 0 aliphatic heterocycles. The minimum absolute atomic E-state index is 0.00664. The average Bonchev–Trinajstić information content (AvgIpc) is 2.38. The molecule has 2 rings (SSSR count). The number of aromatic nitrogens is 3. The van der Waals surface area contributed by atoms with Crippen LogP contribution in [0.5, 0.6) is 0 Å². The Hall–Kier alpha value is -2.21. The highest BCUT2D eigenvalue weighted by Crippen LogP contribution is 2.17. The maximum atomic E-state index is 9.29. The summed E-state index contributed by atoms with van der Waals surface area (Å²) < 4.78 is 0. The molecule has 0 fully saturated rings. The van der Waals surface area contributed by atoms with Crippen LogP contribution < -0.4 is 10.6 Å². The highest BCUT2D eigenvalue weighted by molar-refractivity contribution is 5.53. The van der Waals surface area contributed by atoms with Gasteiger partial charge in [0.15, 0.2) is 0 Å². The van der Waals surface area contributed by atoms with E-state index in [-0.39, 0.29) is 6.61 Å². The fourth-order valence-corrected chi connectivity index (χ4v) is 1.60. The molecule has 0 radical (unpaired) electrons. The Morgan fingerprint density at radius 2 is 2.00 bits per heavy atom. The van der Waals surface area contributed by atoms with E-state index in [4.69, 9.17) is 0 Å². The number of aliphatic hydroxyl groups is 1. The van der Waals surface area contributed by atoms with Crippen molar-refractivity contribution in [2.75, 3.05) is 17.2 Å². The molecule has 6 nitrogen and oxygen atoms in total. The lowest BCUT2D eigenvalue weighted by molar-refractivity contribution is 0.233. The van der Waals surface area contributed by atoms with Crippen molar-refractivity contribution in [2.24, 2.45) is 0 Å². The Kier molecular flexibility index (Phi) is 4.14. The second-order valence-corrected chi connectivity index (χ2v) is 5.23. The van der Waals surface area contributed by atoms with Gasteiger partial charge >= 0.3 is 0 Å². The number of rotatable bonds is 5. The van der Waals surface area contributed by atoms with Gasteiger partial charge in [0.05, 0.1) is 12.1 Å². The van der Waals surface area contributed by atoms with Crippen molar-refractivity contribution in [2.45, 2.75) is 26.3 Å². The molecule has 0 bridgehead atoms. The first-order valence-electron chi connectivity index (χ1n) is 6.41. The summed E-state index contributed by atoms with van der Waals surface area (Å²) in [6.07, 6.45) is 1.71. The van der Waals surface area contributed by atoms with Crippen LogP contribution >= 0.6 is 0 Å². The summed E-state index contributed by atoms with van der Waals surface area (Å²) in [5.74, 6) is 1.85. The molecule has 20 heavy (non-hydrogen) atoms. The largest absolute Gasteiger partial charge is 0.394 e. The molecular formula is C14H19N5O. The topological polar surface area (TPSA) is 83.0 Å². The number of aryl methyl sites for hydroxylation is 1. The predicted molar refractivity (Wildman–Crippen MR) is 79.1 cm³/mol. The molecule has 106 valence electrons. The van der Waals surface area contributed by atoms with E-state index in [1.165, 1.54) is 0 Å². The number of pyridine rings is 1. The van der Waals surface area contributed by atoms with E-state index in [1.807, 2.05) is 45.0 Å². The highest BCUT2D eigenvalue weighted by atomic mass is 16.3. The molecule has 3 N–H and O–H groups in total. The van der Waals surface area contributed by atoms with E-state index in [2.05, 4.69) is 25.6 Å². The van der Waals surface area contributed by atoms with Crippen LogP contribution in [-0.2, 0) is 0 Å². The van der Waals surface area contributed by atoms with Gasteiger partial charge in [-0.1, -0.05) is 6.07 Å². The number of anilines is 3. The monoisotopic (exact) mass is 273 g/mol. The Morgan fingerprint density at radius 3 is 2.65 bits per heavy atom. The molecule has 2 aromatic heterocycles. The van der Waals surface area contributed by atoms with Gasteiger partial charge in [-0.3, -0.25) is 0 Å². The van der Waals surface area contributed by atoms with Crippen molar-refractivity contribution in [1.29, 1.82) is 0 Å². The van der Waals surface area contributed by atoms with Crippen LogP contribution in [0.15, 0.2) is 30.5 Å². The van der Waals surface area contributed by atoms with Crippen LogP contribution in [0.25, 0.3) is 0 Å². The smallest absolute Gasteiger partial charge is 0.225 e. The first-order valence-corrected chi connectivity index (χ1v) is 6.41. The van der Waals surface area contributed by atoms with Crippen LogP contribution in [0.1, 0.15) is 19.5 Å². The molecule has 0 aliphatic rings. The van der Waals surface area contributed by atoms with Crippen LogP contribution in [0.2, 0.25) is 0 Å². The van der Waals surface area contributed by atoms with Crippen molar-refractivity contribution in [3.63, 3.8) is 0 Å². The molecule has 0 saturated carbocycles. The number of nitrogens with zero attached hydrogens (tertiary/aromatic N) is 3. The van der Waals surface area contributed by atoms with Crippen molar-refractivity contribution in [3.05, 3.63) is 36.2 Å². The third-order valence-electron chi connectivity index (χ3n) is 2.62. The summed E-state index contributed by atoms with van der Waals surface area (Å²) in [5, 5.41) is 15.5. The van der Waals surface area contributed by atoms with Crippen LogP contribution in [-0.4, -0.2) is 32.2 Å². The van der Waals surface area contributed by atoms with Gasteiger partial charge in [-0.2, -0.15) is 4.98 Å². The van der Waals surface area contributed by atoms with Gasteiger partial charge in [0.1, 0.15) is 11.6 Å². The van der Waals surface area contributed by atoms with Crippen molar-refractivity contribution < 1.29 is 5.11 Å². The lowest BCUT2D eigenvalue weighted by atomic mass is 10.1. The van der Waals surface area contributed by atoms with Crippen molar-refractivity contribution >= 4 is 17.6 Å². The third-order valence-corrected chi connectivity index (χ3v) is 2.62. The second-order valence-electron chi connectivity index (χ2n) is 5.23. The van der Waals surface area contributed by atoms with Gasteiger partial charge in [-0.15, -0.1) is 0 Å². The van der Waals surface area contributed by atoms with Crippen molar-refractivity contribution in [3.8, 4) is 0 Å². The van der Waals surface area contributed by atoms with E-state index in [1.54, 1.807) is 6.20 Å². The lowest BCUT2D eigenvalue weighted by Gasteiger charge is -2.23. The minimum Gasteiger partial charge on any atom is -0.394 e. The molecule has 0 aromatic carbocycles. The van der Waals surface area contributed by atoms with Gasteiger partial charge in [-0.25, -0.2) is 9.97 Å². The molecular weight excluding hydrogens is 254 g/mol. The van der Waals surface area contributed by atoms with Crippen LogP contribution in [0.4, 0.5) is 17.6 Å². The average molecular weight is 273 g/mol. The summed E-state index contributed by atoms with van der Waals surface area (Å²) in [6.45, 7) is 5.64. The maximum absolute atomic E-state index is 9.29. The fourth-order valence-electron chi connectivity index (χ4n) is 1.60. The molecule has 6 heteroatoms. The van der Waals surface area contributed by atoms with Gasteiger partial charge in [0.25, 0.3) is 0 Å². The quantitative estimate of drug-likeness (QED) is 0.774. The zero-order valence-corrected chi connectivity index (χ0v) is 11.9.